The minimum atomic E-state index is 0.358. The fourth-order valence-corrected chi connectivity index (χ4v) is 2.21. The Bertz CT molecular complexity index is 422. The third kappa shape index (κ3) is 4.18. The number of aromatic nitrogens is 1. The van der Waals surface area contributed by atoms with Gasteiger partial charge >= 0.3 is 0 Å². The Morgan fingerprint density at radius 2 is 1.74 bits per heavy atom. The molecule has 0 spiro atoms. The van der Waals surface area contributed by atoms with Crippen LogP contribution in [0, 0.1) is 0 Å². The zero-order valence-corrected chi connectivity index (χ0v) is 11.7. The average Bonchev–Trinajstić information content (AvgIpc) is 2.49. The molecule has 1 aromatic heterocycles. The molecule has 0 bridgehead atoms. The van der Waals surface area contributed by atoms with E-state index in [1.807, 2.05) is 18.5 Å². The van der Waals surface area contributed by atoms with Gasteiger partial charge < -0.3 is 5.32 Å². The van der Waals surface area contributed by atoms with E-state index in [1.54, 1.807) is 0 Å². The fraction of sp³-hybridized carbons (Fsp3) is 0.353. The summed E-state index contributed by atoms with van der Waals surface area (Å²) in [5.41, 5.74) is 2.66. The number of nitrogens with zero attached hydrogens (tertiary/aromatic N) is 1. The molecule has 0 aliphatic carbocycles. The zero-order chi connectivity index (χ0) is 13.5. The minimum Gasteiger partial charge on any atom is -0.310 e. The number of hydrogen-bond acceptors (Lipinski definition) is 2. The second-order valence-electron chi connectivity index (χ2n) is 5.06. The number of benzene rings is 1. The average molecular weight is 254 g/mol. The summed E-state index contributed by atoms with van der Waals surface area (Å²) in [4.78, 5) is 4.16. The van der Waals surface area contributed by atoms with Crippen LogP contribution in [0.25, 0.3) is 0 Å². The lowest BCUT2D eigenvalue weighted by atomic mass is 9.98. The third-order valence-electron chi connectivity index (χ3n) is 3.58. The van der Waals surface area contributed by atoms with Gasteiger partial charge in [0.1, 0.15) is 0 Å². The quantitative estimate of drug-likeness (QED) is 0.845. The highest BCUT2D eigenvalue weighted by molar-refractivity contribution is 5.18. The van der Waals surface area contributed by atoms with E-state index in [9.17, 15) is 0 Å². The number of hydrogen-bond donors (Lipinski definition) is 1. The molecule has 19 heavy (non-hydrogen) atoms. The summed E-state index contributed by atoms with van der Waals surface area (Å²) in [7, 11) is 0. The van der Waals surface area contributed by atoms with Crippen molar-refractivity contribution in [2.45, 2.75) is 32.2 Å². The summed E-state index contributed by atoms with van der Waals surface area (Å²) in [5.74, 6) is 0.592. The number of pyridine rings is 1. The Kier molecular flexibility index (Phi) is 5.10. The summed E-state index contributed by atoms with van der Waals surface area (Å²) >= 11 is 0. The first-order chi connectivity index (χ1) is 9.27. The predicted molar refractivity (Wildman–Crippen MR) is 80.1 cm³/mol. The molecule has 2 heteroatoms. The van der Waals surface area contributed by atoms with Gasteiger partial charge in [0.15, 0.2) is 0 Å². The van der Waals surface area contributed by atoms with Crippen LogP contribution >= 0.6 is 0 Å². The molecule has 2 aromatic rings. The molecule has 0 aliphatic heterocycles. The van der Waals surface area contributed by atoms with E-state index in [1.165, 1.54) is 11.1 Å². The molecule has 1 N–H and O–H groups in total. The summed E-state index contributed by atoms with van der Waals surface area (Å²) < 4.78 is 0. The van der Waals surface area contributed by atoms with E-state index in [-0.39, 0.29) is 0 Å². The summed E-state index contributed by atoms with van der Waals surface area (Å²) in [6.07, 6.45) is 4.89. The Morgan fingerprint density at radius 3 is 2.42 bits per heavy atom. The molecule has 1 heterocycles. The van der Waals surface area contributed by atoms with Crippen molar-refractivity contribution >= 4 is 0 Å². The Labute approximate surface area is 115 Å². The van der Waals surface area contributed by atoms with Crippen molar-refractivity contribution in [2.24, 2.45) is 0 Å². The topological polar surface area (TPSA) is 24.9 Å². The molecule has 0 fully saturated rings. The molecule has 1 aromatic carbocycles. The van der Waals surface area contributed by atoms with Gasteiger partial charge in [-0.25, -0.2) is 0 Å². The lowest BCUT2D eigenvalue weighted by molar-refractivity contribution is 0.530. The maximum Gasteiger partial charge on any atom is 0.0315 e. The van der Waals surface area contributed by atoms with Crippen LogP contribution in [0.2, 0.25) is 0 Å². The largest absolute Gasteiger partial charge is 0.310 e. The van der Waals surface area contributed by atoms with Gasteiger partial charge in [-0.05, 0) is 43.0 Å². The van der Waals surface area contributed by atoms with Gasteiger partial charge in [0.05, 0.1) is 0 Å². The number of rotatable bonds is 6. The SMILES string of the molecule is CC(CCNC(C)c1cccnc1)c1ccccc1. The van der Waals surface area contributed by atoms with E-state index in [4.69, 9.17) is 0 Å². The summed E-state index contributed by atoms with van der Waals surface area (Å²) in [6.45, 7) is 5.49. The van der Waals surface area contributed by atoms with Crippen LogP contribution < -0.4 is 5.32 Å². The van der Waals surface area contributed by atoms with Gasteiger partial charge in [0.2, 0.25) is 0 Å². The lowest BCUT2D eigenvalue weighted by Gasteiger charge is -2.16. The van der Waals surface area contributed by atoms with Crippen LogP contribution in [-0.2, 0) is 0 Å². The van der Waals surface area contributed by atoms with Crippen LogP contribution in [-0.4, -0.2) is 11.5 Å². The van der Waals surface area contributed by atoms with Crippen LogP contribution in [0.5, 0.6) is 0 Å². The highest BCUT2D eigenvalue weighted by Gasteiger charge is 2.07. The van der Waals surface area contributed by atoms with Crippen molar-refractivity contribution in [3.63, 3.8) is 0 Å². The van der Waals surface area contributed by atoms with Crippen LogP contribution in [0.4, 0.5) is 0 Å². The molecule has 0 radical (unpaired) electrons. The molecule has 100 valence electrons. The summed E-state index contributed by atoms with van der Waals surface area (Å²) in [5, 5.41) is 3.56. The van der Waals surface area contributed by atoms with Crippen molar-refractivity contribution in [2.75, 3.05) is 6.54 Å². The molecule has 2 atom stereocenters. The maximum atomic E-state index is 4.16. The van der Waals surface area contributed by atoms with Crippen LogP contribution in [0.3, 0.4) is 0 Å². The molecule has 0 amide bonds. The highest BCUT2D eigenvalue weighted by atomic mass is 14.9. The number of nitrogens with one attached hydrogen (secondary N) is 1. The second kappa shape index (κ2) is 7.05. The molecule has 0 aliphatic rings. The normalized spacial score (nSPS) is 14.0. The van der Waals surface area contributed by atoms with Crippen molar-refractivity contribution in [1.82, 2.24) is 10.3 Å². The minimum absolute atomic E-state index is 0.358. The first kappa shape index (κ1) is 13.8. The van der Waals surface area contributed by atoms with Gasteiger partial charge in [0, 0.05) is 18.4 Å². The Balaban J connectivity index is 1.78. The van der Waals surface area contributed by atoms with Crippen LogP contribution in [0.1, 0.15) is 43.4 Å². The van der Waals surface area contributed by atoms with Gasteiger partial charge in [-0.2, -0.15) is 0 Å². The molecular weight excluding hydrogens is 232 g/mol. The Hall–Kier alpha value is -1.67. The first-order valence-corrected chi connectivity index (χ1v) is 6.95. The van der Waals surface area contributed by atoms with E-state index in [2.05, 4.69) is 60.5 Å². The van der Waals surface area contributed by atoms with Crippen molar-refractivity contribution in [1.29, 1.82) is 0 Å². The fourth-order valence-electron chi connectivity index (χ4n) is 2.21. The molecule has 2 nitrogen and oxygen atoms in total. The smallest absolute Gasteiger partial charge is 0.0315 e. The first-order valence-electron chi connectivity index (χ1n) is 6.95. The summed E-state index contributed by atoms with van der Waals surface area (Å²) in [6, 6.07) is 15.2. The predicted octanol–water partition coefficient (Wildman–Crippen LogP) is 3.93. The van der Waals surface area contributed by atoms with E-state index < -0.39 is 0 Å². The van der Waals surface area contributed by atoms with Gasteiger partial charge in [-0.1, -0.05) is 43.3 Å². The van der Waals surface area contributed by atoms with E-state index >= 15 is 0 Å². The highest BCUT2D eigenvalue weighted by Crippen LogP contribution is 2.18. The zero-order valence-electron chi connectivity index (χ0n) is 11.7. The van der Waals surface area contributed by atoms with Gasteiger partial charge in [-0.15, -0.1) is 0 Å². The lowest BCUT2D eigenvalue weighted by Crippen LogP contribution is -2.21. The maximum absolute atomic E-state index is 4.16. The monoisotopic (exact) mass is 254 g/mol. The second-order valence-corrected chi connectivity index (χ2v) is 5.06. The van der Waals surface area contributed by atoms with Gasteiger partial charge in [-0.3, -0.25) is 4.98 Å². The van der Waals surface area contributed by atoms with E-state index in [0.717, 1.165) is 13.0 Å². The molecule has 2 rings (SSSR count). The Morgan fingerprint density at radius 1 is 1.00 bits per heavy atom. The van der Waals surface area contributed by atoms with Crippen molar-refractivity contribution in [3.05, 3.63) is 66.0 Å². The molecular formula is C17H22N2. The third-order valence-corrected chi connectivity index (χ3v) is 3.58. The van der Waals surface area contributed by atoms with Gasteiger partial charge in [0.25, 0.3) is 0 Å². The van der Waals surface area contributed by atoms with Crippen molar-refractivity contribution in [3.8, 4) is 0 Å². The molecule has 0 saturated heterocycles. The van der Waals surface area contributed by atoms with Crippen LogP contribution in [0.15, 0.2) is 54.9 Å². The van der Waals surface area contributed by atoms with Crippen molar-refractivity contribution < 1.29 is 0 Å². The molecule has 0 saturated carbocycles. The van der Waals surface area contributed by atoms with E-state index in [0.29, 0.717) is 12.0 Å². The standard InChI is InChI=1S/C17H22N2/c1-14(16-7-4-3-5-8-16)10-12-19-15(2)17-9-6-11-18-13-17/h3-9,11,13-15,19H,10,12H2,1-2H3. The molecule has 2 unspecified atom stereocenters.